The zero-order valence-corrected chi connectivity index (χ0v) is 13.9. The monoisotopic (exact) mass is 325 g/mol. The predicted octanol–water partition coefficient (Wildman–Crippen LogP) is 1.82. The molecular weight excluding hydrogens is 302 g/mol. The summed E-state index contributed by atoms with van der Waals surface area (Å²) in [5.41, 5.74) is 6.88. The van der Waals surface area contributed by atoms with E-state index >= 15 is 0 Å². The summed E-state index contributed by atoms with van der Waals surface area (Å²) in [6.07, 6.45) is 0.973. The number of nitrogens with one attached hydrogen (secondary N) is 1. The second kappa shape index (κ2) is 7.01. The van der Waals surface area contributed by atoms with E-state index in [0.29, 0.717) is 19.5 Å². The Hall–Kier alpha value is -2.40. The topological polar surface area (TPSA) is 75.4 Å². The van der Waals surface area contributed by atoms with Gasteiger partial charge < -0.3 is 16.0 Å². The van der Waals surface area contributed by atoms with E-state index in [-0.39, 0.29) is 30.2 Å². The van der Waals surface area contributed by atoms with E-state index < -0.39 is 0 Å². The molecule has 5 nitrogen and oxygen atoms in total. The van der Waals surface area contributed by atoms with E-state index in [1.165, 1.54) is 0 Å². The zero-order valence-electron chi connectivity index (χ0n) is 13.9. The van der Waals surface area contributed by atoms with Gasteiger partial charge in [-0.15, -0.1) is 0 Å². The van der Waals surface area contributed by atoms with Crippen molar-refractivity contribution in [3.63, 3.8) is 0 Å². The lowest BCUT2D eigenvalue weighted by molar-refractivity contribution is -0.139. The highest BCUT2D eigenvalue weighted by molar-refractivity contribution is 5.87. The highest BCUT2D eigenvalue weighted by Gasteiger charge is 2.29. The number of hydrogen-bond donors (Lipinski definition) is 2. The van der Waals surface area contributed by atoms with Crippen LogP contribution in [0.4, 0.5) is 0 Å². The Morgan fingerprint density at radius 2 is 2.04 bits per heavy atom. The van der Waals surface area contributed by atoms with E-state index in [4.69, 9.17) is 5.73 Å². The Kier molecular flexibility index (Phi) is 4.81. The molecule has 2 atom stereocenters. The Labute approximate surface area is 141 Å². The quantitative estimate of drug-likeness (QED) is 0.900. The number of nitrogens with zero attached hydrogens (tertiary/aromatic N) is 1. The van der Waals surface area contributed by atoms with Gasteiger partial charge in [0.15, 0.2) is 0 Å². The first-order valence-corrected chi connectivity index (χ1v) is 8.31. The van der Waals surface area contributed by atoms with Crippen molar-refractivity contribution in [3.05, 3.63) is 48.0 Å². The fourth-order valence-corrected chi connectivity index (χ4v) is 3.16. The Bertz CT molecular complexity index is 759. The van der Waals surface area contributed by atoms with E-state index in [1.807, 2.05) is 30.3 Å². The van der Waals surface area contributed by atoms with E-state index in [2.05, 4.69) is 17.4 Å². The fourth-order valence-electron chi connectivity index (χ4n) is 3.16. The molecule has 1 saturated heterocycles. The molecule has 126 valence electrons. The third-order valence-electron chi connectivity index (χ3n) is 4.76. The van der Waals surface area contributed by atoms with E-state index in [1.54, 1.807) is 11.9 Å². The predicted molar refractivity (Wildman–Crippen MR) is 94.2 cm³/mol. The molecule has 0 spiro atoms. The lowest BCUT2D eigenvalue weighted by Crippen LogP contribution is -2.44. The summed E-state index contributed by atoms with van der Waals surface area (Å²) in [5, 5.41) is 5.30. The summed E-state index contributed by atoms with van der Waals surface area (Å²) in [6, 6.07) is 14.0. The van der Waals surface area contributed by atoms with Crippen LogP contribution in [-0.4, -0.2) is 36.9 Å². The number of benzene rings is 2. The lowest BCUT2D eigenvalue weighted by Gasteiger charge is -2.29. The van der Waals surface area contributed by atoms with Crippen LogP contribution in [0.5, 0.6) is 0 Å². The summed E-state index contributed by atoms with van der Waals surface area (Å²) in [6.45, 7) is 0.949. The van der Waals surface area contributed by atoms with Gasteiger partial charge in [-0.2, -0.15) is 0 Å². The molecule has 1 fully saturated rings. The molecule has 5 heteroatoms. The minimum Gasteiger partial charge on any atom is -0.348 e. The SMILES string of the molecule is CN1CCC(C(=O)NC(CN)c2ccc3ccccc3c2)CC1=O. The summed E-state index contributed by atoms with van der Waals surface area (Å²) in [4.78, 5) is 26.0. The molecule has 2 aromatic rings. The van der Waals surface area contributed by atoms with Crippen molar-refractivity contribution in [3.8, 4) is 0 Å². The standard InChI is InChI=1S/C19H23N3O2/c1-22-9-8-16(11-18(22)23)19(24)21-17(12-20)15-7-6-13-4-2-3-5-14(13)10-15/h2-7,10,16-17H,8-9,11-12,20H2,1H3,(H,21,24). The average Bonchev–Trinajstić information content (AvgIpc) is 2.61. The number of amides is 2. The molecule has 1 aliphatic rings. The van der Waals surface area contributed by atoms with Gasteiger partial charge in [0.1, 0.15) is 0 Å². The van der Waals surface area contributed by atoms with Gasteiger partial charge in [0.05, 0.1) is 6.04 Å². The summed E-state index contributed by atoms with van der Waals surface area (Å²) in [5.74, 6) is -0.320. The molecular formula is C19H23N3O2. The first-order valence-electron chi connectivity index (χ1n) is 8.31. The van der Waals surface area contributed by atoms with Gasteiger partial charge in [-0.1, -0.05) is 36.4 Å². The van der Waals surface area contributed by atoms with Crippen LogP contribution in [0, 0.1) is 5.92 Å². The minimum atomic E-state index is -0.261. The van der Waals surface area contributed by atoms with Gasteiger partial charge in [-0.25, -0.2) is 0 Å². The van der Waals surface area contributed by atoms with Gasteiger partial charge in [0, 0.05) is 32.5 Å². The molecule has 3 rings (SSSR count). The molecule has 0 bridgehead atoms. The van der Waals surface area contributed by atoms with Crippen LogP contribution in [0.15, 0.2) is 42.5 Å². The van der Waals surface area contributed by atoms with Crippen molar-refractivity contribution in [1.29, 1.82) is 0 Å². The Morgan fingerprint density at radius 3 is 2.75 bits per heavy atom. The number of nitrogens with two attached hydrogens (primary N) is 1. The highest BCUT2D eigenvalue weighted by atomic mass is 16.2. The van der Waals surface area contributed by atoms with E-state index in [0.717, 1.165) is 16.3 Å². The number of carbonyl (C=O) groups excluding carboxylic acids is 2. The van der Waals surface area contributed by atoms with Crippen LogP contribution in [0.2, 0.25) is 0 Å². The minimum absolute atomic E-state index is 0.0244. The largest absolute Gasteiger partial charge is 0.348 e. The lowest BCUT2D eigenvalue weighted by atomic mass is 9.94. The van der Waals surface area contributed by atoms with Crippen molar-refractivity contribution < 1.29 is 9.59 Å². The summed E-state index contributed by atoms with van der Waals surface area (Å²) < 4.78 is 0. The number of likely N-dealkylation sites (tertiary alicyclic amines) is 1. The van der Waals surface area contributed by atoms with Crippen molar-refractivity contribution in [2.45, 2.75) is 18.9 Å². The molecule has 0 aliphatic carbocycles. The normalized spacial score (nSPS) is 19.3. The molecule has 0 radical (unpaired) electrons. The maximum Gasteiger partial charge on any atom is 0.224 e. The van der Waals surface area contributed by atoms with Crippen LogP contribution in [0.3, 0.4) is 0 Å². The number of piperidine rings is 1. The summed E-state index contributed by atoms with van der Waals surface area (Å²) >= 11 is 0. The van der Waals surface area contributed by atoms with E-state index in [9.17, 15) is 9.59 Å². The second-order valence-electron chi connectivity index (χ2n) is 6.41. The van der Waals surface area contributed by atoms with Crippen molar-refractivity contribution in [2.24, 2.45) is 11.7 Å². The van der Waals surface area contributed by atoms with Crippen LogP contribution >= 0.6 is 0 Å². The van der Waals surface area contributed by atoms with Crippen molar-refractivity contribution >= 4 is 22.6 Å². The van der Waals surface area contributed by atoms with Crippen molar-refractivity contribution in [1.82, 2.24) is 10.2 Å². The van der Waals surface area contributed by atoms with Crippen molar-refractivity contribution in [2.75, 3.05) is 20.1 Å². The summed E-state index contributed by atoms with van der Waals surface area (Å²) in [7, 11) is 1.77. The van der Waals surface area contributed by atoms with Crippen LogP contribution in [0.1, 0.15) is 24.4 Å². The Balaban J connectivity index is 1.73. The first kappa shape index (κ1) is 16.5. The fraction of sp³-hybridized carbons (Fsp3) is 0.368. The van der Waals surface area contributed by atoms with Gasteiger partial charge in [-0.3, -0.25) is 9.59 Å². The van der Waals surface area contributed by atoms with Gasteiger partial charge in [0.2, 0.25) is 11.8 Å². The highest BCUT2D eigenvalue weighted by Crippen LogP contribution is 2.22. The third kappa shape index (κ3) is 3.41. The molecule has 2 aromatic carbocycles. The molecule has 3 N–H and O–H groups in total. The molecule has 24 heavy (non-hydrogen) atoms. The number of rotatable bonds is 4. The van der Waals surface area contributed by atoms with Gasteiger partial charge >= 0.3 is 0 Å². The molecule has 1 heterocycles. The number of hydrogen-bond acceptors (Lipinski definition) is 3. The van der Waals surface area contributed by atoms with Crippen LogP contribution in [0.25, 0.3) is 10.8 Å². The molecule has 2 amide bonds. The van der Waals surface area contributed by atoms with Gasteiger partial charge in [0.25, 0.3) is 0 Å². The zero-order chi connectivity index (χ0) is 17.1. The smallest absolute Gasteiger partial charge is 0.224 e. The third-order valence-corrected chi connectivity index (χ3v) is 4.76. The maximum atomic E-state index is 12.5. The Morgan fingerprint density at radius 1 is 1.29 bits per heavy atom. The van der Waals surface area contributed by atoms with Crippen LogP contribution < -0.4 is 11.1 Å². The molecule has 2 unspecified atom stereocenters. The number of carbonyl (C=O) groups is 2. The van der Waals surface area contributed by atoms with Gasteiger partial charge in [-0.05, 0) is 28.8 Å². The molecule has 0 saturated carbocycles. The maximum absolute atomic E-state index is 12.5. The second-order valence-corrected chi connectivity index (χ2v) is 6.41. The number of fused-ring (bicyclic) bond motifs is 1. The average molecular weight is 325 g/mol. The van der Waals surface area contributed by atoms with Crippen LogP contribution in [-0.2, 0) is 9.59 Å². The first-order chi connectivity index (χ1) is 11.6. The molecule has 0 aromatic heterocycles. The molecule has 1 aliphatic heterocycles.